The molecule has 3 amide bonds. The molecular weight excluding hydrogens is 764 g/mol. The number of ether oxygens (including phenoxy) is 1. The van der Waals surface area contributed by atoms with Crippen LogP contribution in [0.4, 0.5) is 11.4 Å². The summed E-state index contributed by atoms with van der Waals surface area (Å²) < 4.78 is 7.79. The normalized spacial score (nSPS) is 16.8. The Balaban J connectivity index is 1.35. The molecule has 2 aliphatic heterocycles. The molecule has 0 aliphatic carbocycles. The standard InChI is InChI=1S/C28H20Br4N2O5/c1-12-4-5-13(2)18(8-12)33-11-15(10-19(33)35)28(38)39-16-6-7-17(14(3)9-16)34-26(36)20-21(27(34)37)23(30)25(32)24(31)22(20)29/h4-9,15H,10-11H2,1-3H3/t15-/m0/s1. The Kier molecular flexibility index (Phi) is 7.64. The summed E-state index contributed by atoms with van der Waals surface area (Å²) in [6.07, 6.45) is 0.0627. The van der Waals surface area contributed by atoms with Crippen LogP contribution < -0.4 is 14.5 Å². The number of anilines is 2. The van der Waals surface area contributed by atoms with E-state index in [0.29, 0.717) is 29.1 Å². The number of carbonyl (C=O) groups is 4. The number of halogens is 4. The third kappa shape index (κ3) is 4.81. The van der Waals surface area contributed by atoms with Gasteiger partial charge in [-0.1, -0.05) is 12.1 Å². The van der Waals surface area contributed by atoms with Gasteiger partial charge in [0.05, 0.1) is 22.7 Å². The van der Waals surface area contributed by atoms with Crippen LogP contribution in [0.5, 0.6) is 5.75 Å². The SMILES string of the molecule is Cc1ccc(C)c(N2C[C@@H](C(=O)Oc3ccc(N4C(=O)c5c(Br)c(Br)c(Br)c(Br)c5C4=O)c(C)c3)CC2=O)c1. The van der Waals surface area contributed by atoms with E-state index >= 15 is 0 Å². The average molecular weight is 784 g/mol. The van der Waals surface area contributed by atoms with Crippen LogP contribution in [0.2, 0.25) is 0 Å². The minimum atomic E-state index is -0.611. The molecule has 1 atom stereocenters. The molecule has 0 N–H and O–H groups in total. The van der Waals surface area contributed by atoms with Gasteiger partial charge in [-0.25, -0.2) is 4.90 Å². The van der Waals surface area contributed by atoms with Crippen LogP contribution in [0.3, 0.4) is 0 Å². The van der Waals surface area contributed by atoms with Gasteiger partial charge in [0.25, 0.3) is 11.8 Å². The van der Waals surface area contributed by atoms with E-state index in [1.807, 2.05) is 32.0 Å². The highest BCUT2D eigenvalue weighted by Gasteiger charge is 2.42. The van der Waals surface area contributed by atoms with E-state index in [-0.39, 0.29) is 35.7 Å². The van der Waals surface area contributed by atoms with Gasteiger partial charge < -0.3 is 9.64 Å². The number of aryl methyl sites for hydroxylation is 3. The molecule has 0 unspecified atom stereocenters. The lowest BCUT2D eigenvalue weighted by Crippen LogP contribution is -2.30. The summed E-state index contributed by atoms with van der Waals surface area (Å²) in [6, 6.07) is 10.6. The Labute approximate surface area is 258 Å². The summed E-state index contributed by atoms with van der Waals surface area (Å²) in [5, 5.41) is 0. The second-order valence-electron chi connectivity index (χ2n) is 9.52. The minimum absolute atomic E-state index is 0.0627. The van der Waals surface area contributed by atoms with Crippen molar-refractivity contribution < 1.29 is 23.9 Å². The first kappa shape index (κ1) is 28.2. The van der Waals surface area contributed by atoms with Gasteiger partial charge in [-0.2, -0.15) is 0 Å². The maximum absolute atomic E-state index is 13.4. The second-order valence-corrected chi connectivity index (χ2v) is 12.7. The largest absolute Gasteiger partial charge is 0.426 e. The zero-order valence-corrected chi connectivity index (χ0v) is 27.2. The summed E-state index contributed by atoms with van der Waals surface area (Å²) in [5.74, 6) is -1.92. The number of hydrogen-bond acceptors (Lipinski definition) is 5. The quantitative estimate of drug-likeness (QED) is 0.0905. The molecule has 200 valence electrons. The van der Waals surface area contributed by atoms with Crippen LogP contribution in [0.15, 0.2) is 54.3 Å². The zero-order chi connectivity index (χ0) is 28.3. The van der Waals surface area contributed by atoms with E-state index in [0.717, 1.165) is 21.7 Å². The van der Waals surface area contributed by atoms with Gasteiger partial charge in [0, 0.05) is 36.5 Å². The lowest BCUT2D eigenvalue weighted by molar-refractivity contribution is -0.139. The van der Waals surface area contributed by atoms with Crippen molar-refractivity contribution in [3.8, 4) is 5.75 Å². The summed E-state index contributed by atoms with van der Waals surface area (Å²) in [7, 11) is 0. The predicted molar refractivity (Wildman–Crippen MR) is 162 cm³/mol. The molecule has 39 heavy (non-hydrogen) atoms. The number of imide groups is 1. The van der Waals surface area contributed by atoms with Crippen molar-refractivity contribution in [2.24, 2.45) is 5.92 Å². The van der Waals surface area contributed by atoms with Crippen molar-refractivity contribution in [2.75, 3.05) is 16.3 Å². The number of hydrogen-bond donors (Lipinski definition) is 0. The molecule has 7 nitrogen and oxygen atoms in total. The van der Waals surface area contributed by atoms with E-state index in [1.54, 1.807) is 30.0 Å². The number of rotatable bonds is 4. The summed E-state index contributed by atoms with van der Waals surface area (Å²) in [6.45, 7) is 5.86. The lowest BCUT2D eigenvalue weighted by Gasteiger charge is -2.20. The first-order valence-electron chi connectivity index (χ1n) is 11.8. The van der Waals surface area contributed by atoms with Crippen molar-refractivity contribution in [1.29, 1.82) is 0 Å². The monoisotopic (exact) mass is 780 g/mol. The van der Waals surface area contributed by atoms with E-state index < -0.39 is 23.7 Å². The van der Waals surface area contributed by atoms with Gasteiger partial charge in [-0.3, -0.25) is 19.2 Å². The van der Waals surface area contributed by atoms with Crippen molar-refractivity contribution in [2.45, 2.75) is 27.2 Å². The van der Waals surface area contributed by atoms with Crippen LogP contribution in [-0.2, 0) is 9.59 Å². The molecule has 3 aromatic rings. The summed E-state index contributed by atoms with van der Waals surface area (Å²) in [4.78, 5) is 55.2. The molecule has 0 bridgehead atoms. The molecule has 0 spiro atoms. The zero-order valence-electron chi connectivity index (χ0n) is 20.9. The molecule has 1 fully saturated rings. The van der Waals surface area contributed by atoms with E-state index in [4.69, 9.17) is 4.74 Å². The summed E-state index contributed by atoms with van der Waals surface area (Å²) in [5.41, 5.74) is 4.23. The fourth-order valence-corrected chi connectivity index (χ4v) is 7.28. The highest BCUT2D eigenvalue weighted by Crippen LogP contribution is 2.46. The van der Waals surface area contributed by atoms with Crippen molar-refractivity contribution in [3.05, 3.63) is 82.1 Å². The van der Waals surface area contributed by atoms with Gasteiger partial charge in [0.15, 0.2) is 0 Å². The molecule has 0 saturated carbocycles. The average Bonchev–Trinajstić information content (AvgIpc) is 3.40. The Morgan fingerprint density at radius 1 is 0.795 bits per heavy atom. The molecule has 2 aliphatic rings. The van der Waals surface area contributed by atoms with E-state index in [1.165, 1.54) is 0 Å². The van der Waals surface area contributed by atoms with Gasteiger partial charge in [-0.05, 0) is 125 Å². The fourth-order valence-electron chi connectivity index (χ4n) is 4.82. The van der Waals surface area contributed by atoms with E-state index in [2.05, 4.69) is 63.7 Å². The fraction of sp³-hybridized carbons (Fsp3) is 0.214. The first-order chi connectivity index (χ1) is 18.4. The smallest absolute Gasteiger partial charge is 0.316 e. The number of benzene rings is 3. The Morgan fingerprint density at radius 3 is 2.00 bits per heavy atom. The molecule has 11 heteroatoms. The van der Waals surface area contributed by atoms with Gasteiger partial charge >= 0.3 is 5.97 Å². The topological polar surface area (TPSA) is 84.0 Å². The Hall–Kier alpha value is -2.34. The molecule has 5 rings (SSSR count). The van der Waals surface area contributed by atoms with Crippen LogP contribution in [0.25, 0.3) is 0 Å². The van der Waals surface area contributed by atoms with Crippen molar-refractivity contribution in [1.82, 2.24) is 0 Å². The molecule has 0 aromatic heterocycles. The number of amides is 3. The van der Waals surface area contributed by atoms with Crippen LogP contribution in [-0.4, -0.2) is 30.2 Å². The molecule has 0 radical (unpaired) electrons. The molecule has 1 saturated heterocycles. The Bertz CT molecular complexity index is 1570. The van der Waals surface area contributed by atoms with Gasteiger partial charge in [0.2, 0.25) is 5.91 Å². The predicted octanol–water partition coefficient (Wildman–Crippen LogP) is 7.42. The maximum Gasteiger partial charge on any atom is 0.316 e. The second kappa shape index (κ2) is 10.6. The lowest BCUT2D eigenvalue weighted by atomic mass is 10.1. The van der Waals surface area contributed by atoms with Crippen molar-refractivity contribution in [3.63, 3.8) is 0 Å². The number of carbonyl (C=O) groups excluding carboxylic acids is 4. The number of fused-ring (bicyclic) bond motifs is 1. The van der Waals surface area contributed by atoms with Crippen LogP contribution in [0.1, 0.15) is 43.8 Å². The van der Waals surface area contributed by atoms with Crippen LogP contribution >= 0.6 is 63.7 Å². The maximum atomic E-state index is 13.4. The molecule has 3 aromatic carbocycles. The van der Waals surface area contributed by atoms with Gasteiger partial charge in [0.1, 0.15) is 5.75 Å². The van der Waals surface area contributed by atoms with E-state index in [9.17, 15) is 19.2 Å². The number of nitrogens with zero attached hydrogens (tertiary/aromatic N) is 2. The van der Waals surface area contributed by atoms with Crippen molar-refractivity contribution >= 4 is 98.8 Å². The first-order valence-corrected chi connectivity index (χ1v) is 15.0. The highest BCUT2D eigenvalue weighted by molar-refractivity contribution is 9.15. The highest BCUT2D eigenvalue weighted by atomic mass is 79.9. The third-order valence-corrected chi connectivity index (χ3v) is 11.6. The minimum Gasteiger partial charge on any atom is -0.426 e. The van der Waals surface area contributed by atoms with Gasteiger partial charge in [-0.15, -0.1) is 0 Å². The molecular formula is C28H20Br4N2O5. The number of esters is 1. The molecule has 2 heterocycles. The van der Waals surface area contributed by atoms with Crippen LogP contribution in [0, 0.1) is 26.7 Å². The third-order valence-electron chi connectivity index (χ3n) is 6.84. The Morgan fingerprint density at radius 2 is 1.41 bits per heavy atom. The summed E-state index contributed by atoms with van der Waals surface area (Å²) >= 11 is 13.7.